The zero-order valence-electron chi connectivity index (χ0n) is 13.8. The van der Waals surface area contributed by atoms with Gasteiger partial charge < -0.3 is 14.4 Å². The van der Waals surface area contributed by atoms with Gasteiger partial charge in [-0.05, 0) is 0 Å². The number of amides is 1. The van der Waals surface area contributed by atoms with Crippen LogP contribution in [0.3, 0.4) is 0 Å². The molecule has 2 aromatic rings. The highest BCUT2D eigenvalue weighted by Gasteiger charge is 2.28. The molecule has 1 fully saturated rings. The number of thioether (sulfide) groups is 1. The highest BCUT2D eigenvalue weighted by atomic mass is 32.2. The minimum atomic E-state index is -0.870. The summed E-state index contributed by atoms with van der Waals surface area (Å²) in [6.07, 6.45) is 2.35. The van der Waals surface area contributed by atoms with Crippen LogP contribution >= 0.6 is 11.8 Å². The van der Waals surface area contributed by atoms with E-state index in [0.29, 0.717) is 30.4 Å². The van der Waals surface area contributed by atoms with Gasteiger partial charge >= 0.3 is 5.97 Å². The Kier molecular flexibility index (Phi) is 5.75. The van der Waals surface area contributed by atoms with E-state index < -0.39 is 5.97 Å². The van der Waals surface area contributed by atoms with E-state index in [1.807, 2.05) is 30.3 Å². The zero-order chi connectivity index (χ0) is 17.6. The molecule has 0 saturated carbocycles. The summed E-state index contributed by atoms with van der Waals surface area (Å²) in [5.74, 6) is 1.82. The molecule has 25 heavy (non-hydrogen) atoms. The molecular weight excluding hydrogens is 340 g/mol. The van der Waals surface area contributed by atoms with Crippen molar-refractivity contribution in [2.24, 2.45) is 0 Å². The smallest absolute Gasteiger partial charge is 0.305 e. The maximum absolute atomic E-state index is 12.5. The SMILES string of the molecule is O=C(O)CC1CSCCN1C(=O)CCc1ncc(-c2ccccc2)o1. The van der Waals surface area contributed by atoms with Crippen LogP contribution in [0.4, 0.5) is 0 Å². The number of hydrogen-bond acceptors (Lipinski definition) is 5. The molecule has 1 unspecified atom stereocenters. The third kappa shape index (κ3) is 4.63. The second-order valence-corrected chi connectivity index (χ2v) is 7.05. The second-order valence-electron chi connectivity index (χ2n) is 5.90. The zero-order valence-corrected chi connectivity index (χ0v) is 14.6. The van der Waals surface area contributed by atoms with Gasteiger partial charge in [0.1, 0.15) is 0 Å². The van der Waals surface area contributed by atoms with Crippen molar-refractivity contribution < 1.29 is 19.1 Å². The van der Waals surface area contributed by atoms with Crippen molar-refractivity contribution in [3.05, 3.63) is 42.4 Å². The predicted octanol–water partition coefficient (Wildman–Crippen LogP) is 2.69. The van der Waals surface area contributed by atoms with Crippen LogP contribution in [0.1, 0.15) is 18.7 Å². The molecule has 0 aliphatic carbocycles. The first-order valence-corrected chi connectivity index (χ1v) is 9.38. The van der Waals surface area contributed by atoms with E-state index in [2.05, 4.69) is 4.98 Å². The summed E-state index contributed by atoms with van der Waals surface area (Å²) >= 11 is 1.69. The minimum Gasteiger partial charge on any atom is -0.481 e. The number of carboxylic acids is 1. The van der Waals surface area contributed by atoms with Crippen LogP contribution in [-0.4, -0.2) is 51.0 Å². The number of carbonyl (C=O) groups excluding carboxylic acids is 1. The van der Waals surface area contributed by atoms with Crippen LogP contribution in [0.25, 0.3) is 11.3 Å². The standard InChI is InChI=1S/C18H20N2O4S/c21-17(20-8-9-25-12-14(20)10-18(22)23)7-6-16-19-11-15(24-16)13-4-2-1-3-5-13/h1-5,11,14H,6-10,12H2,(H,22,23). The number of aliphatic carboxylic acids is 1. The summed E-state index contributed by atoms with van der Waals surface area (Å²) in [5.41, 5.74) is 0.946. The fourth-order valence-corrected chi connectivity index (χ4v) is 3.94. The molecule has 0 spiro atoms. The molecule has 1 saturated heterocycles. The van der Waals surface area contributed by atoms with E-state index >= 15 is 0 Å². The summed E-state index contributed by atoms with van der Waals surface area (Å²) in [5, 5.41) is 9.01. The minimum absolute atomic E-state index is 0.00407. The third-order valence-electron chi connectivity index (χ3n) is 4.12. The van der Waals surface area contributed by atoms with Gasteiger partial charge in [0.15, 0.2) is 11.7 Å². The Bertz CT molecular complexity index is 732. The van der Waals surface area contributed by atoms with Crippen LogP contribution in [0.15, 0.2) is 40.9 Å². The van der Waals surface area contributed by atoms with E-state index in [4.69, 9.17) is 9.52 Å². The first-order valence-electron chi connectivity index (χ1n) is 8.22. The molecule has 0 bridgehead atoms. The average molecular weight is 360 g/mol. The first-order chi connectivity index (χ1) is 12.1. The van der Waals surface area contributed by atoms with Gasteiger partial charge in [-0.2, -0.15) is 11.8 Å². The third-order valence-corrected chi connectivity index (χ3v) is 5.21. The number of hydrogen-bond donors (Lipinski definition) is 1. The number of oxazole rings is 1. The number of carboxylic acid groups (broad SMARTS) is 1. The Morgan fingerprint density at radius 3 is 2.88 bits per heavy atom. The van der Waals surface area contributed by atoms with Gasteiger partial charge in [-0.25, -0.2) is 4.98 Å². The van der Waals surface area contributed by atoms with Gasteiger partial charge in [0, 0.05) is 36.5 Å². The number of aryl methyl sites for hydroxylation is 1. The van der Waals surface area contributed by atoms with Gasteiger partial charge in [0.25, 0.3) is 0 Å². The topological polar surface area (TPSA) is 83.6 Å². The Hall–Kier alpha value is -2.28. The summed E-state index contributed by atoms with van der Waals surface area (Å²) in [4.78, 5) is 29.4. The molecule has 1 aromatic carbocycles. The average Bonchev–Trinajstić information content (AvgIpc) is 3.09. The van der Waals surface area contributed by atoms with Gasteiger partial charge in [-0.1, -0.05) is 30.3 Å². The second kappa shape index (κ2) is 8.20. The molecule has 7 heteroatoms. The highest BCUT2D eigenvalue weighted by Crippen LogP contribution is 2.22. The number of nitrogens with zero attached hydrogens (tertiary/aromatic N) is 2. The van der Waals surface area contributed by atoms with Gasteiger partial charge in [-0.3, -0.25) is 9.59 Å². The monoisotopic (exact) mass is 360 g/mol. The highest BCUT2D eigenvalue weighted by molar-refractivity contribution is 7.99. The van der Waals surface area contributed by atoms with E-state index in [-0.39, 0.29) is 24.8 Å². The first kappa shape index (κ1) is 17.5. The van der Waals surface area contributed by atoms with Crippen molar-refractivity contribution in [3.63, 3.8) is 0 Å². The lowest BCUT2D eigenvalue weighted by molar-refractivity contribution is -0.140. The van der Waals surface area contributed by atoms with E-state index in [1.54, 1.807) is 22.9 Å². The van der Waals surface area contributed by atoms with Crippen molar-refractivity contribution in [1.29, 1.82) is 0 Å². The summed E-state index contributed by atoms with van der Waals surface area (Å²) in [6.45, 7) is 0.599. The maximum atomic E-state index is 12.5. The quantitative estimate of drug-likeness (QED) is 0.853. The summed E-state index contributed by atoms with van der Waals surface area (Å²) < 4.78 is 5.72. The van der Waals surface area contributed by atoms with Crippen molar-refractivity contribution in [2.75, 3.05) is 18.1 Å². The molecular formula is C18H20N2O4S. The maximum Gasteiger partial charge on any atom is 0.305 e. The van der Waals surface area contributed by atoms with Gasteiger partial charge in [0.2, 0.25) is 5.91 Å². The van der Waals surface area contributed by atoms with Crippen LogP contribution in [-0.2, 0) is 16.0 Å². The van der Waals surface area contributed by atoms with Crippen LogP contribution in [0, 0.1) is 0 Å². The summed E-state index contributed by atoms with van der Waals surface area (Å²) in [6, 6.07) is 9.45. The van der Waals surface area contributed by atoms with Crippen LogP contribution in [0.2, 0.25) is 0 Å². The molecule has 3 rings (SSSR count). The molecule has 0 radical (unpaired) electrons. The molecule has 1 N–H and O–H groups in total. The number of aromatic nitrogens is 1. The Balaban J connectivity index is 1.58. The van der Waals surface area contributed by atoms with Gasteiger partial charge in [-0.15, -0.1) is 0 Å². The van der Waals surface area contributed by atoms with Crippen molar-refractivity contribution in [1.82, 2.24) is 9.88 Å². The predicted molar refractivity (Wildman–Crippen MR) is 95.3 cm³/mol. The Labute approximate surface area is 150 Å². The number of rotatable bonds is 6. The molecule has 1 aliphatic rings. The molecule has 1 aliphatic heterocycles. The molecule has 1 aromatic heterocycles. The Morgan fingerprint density at radius 2 is 2.12 bits per heavy atom. The largest absolute Gasteiger partial charge is 0.481 e. The number of carbonyl (C=O) groups is 2. The van der Waals surface area contributed by atoms with Crippen molar-refractivity contribution in [3.8, 4) is 11.3 Å². The lowest BCUT2D eigenvalue weighted by atomic mass is 10.1. The molecule has 1 atom stereocenters. The summed E-state index contributed by atoms with van der Waals surface area (Å²) in [7, 11) is 0. The van der Waals surface area contributed by atoms with E-state index in [1.165, 1.54) is 0 Å². The lowest BCUT2D eigenvalue weighted by Crippen LogP contribution is -2.47. The molecule has 132 valence electrons. The fraction of sp³-hybridized carbons (Fsp3) is 0.389. The molecule has 2 heterocycles. The Morgan fingerprint density at radius 1 is 1.32 bits per heavy atom. The molecule has 1 amide bonds. The lowest BCUT2D eigenvalue weighted by Gasteiger charge is -2.34. The fourth-order valence-electron chi connectivity index (χ4n) is 2.87. The van der Waals surface area contributed by atoms with E-state index in [0.717, 1.165) is 11.3 Å². The van der Waals surface area contributed by atoms with Crippen molar-refractivity contribution >= 4 is 23.6 Å². The van der Waals surface area contributed by atoms with Gasteiger partial charge in [0.05, 0.1) is 18.7 Å². The van der Waals surface area contributed by atoms with E-state index in [9.17, 15) is 9.59 Å². The van der Waals surface area contributed by atoms with Crippen LogP contribution in [0.5, 0.6) is 0 Å². The normalized spacial score (nSPS) is 17.4. The molecule has 6 nitrogen and oxygen atoms in total. The number of benzene rings is 1. The van der Waals surface area contributed by atoms with Crippen LogP contribution < -0.4 is 0 Å². The van der Waals surface area contributed by atoms with Crippen molar-refractivity contribution in [2.45, 2.75) is 25.3 Å².